The lowest BCUT2D eigenvalue weighted by molar-refractivity contribution is -0.132. The number of nitrogens with one attached hydrogen (secondary N) is 2. The van der Waals surface area contributed by atoms with E-state index in [1.165, 1.54) is 0 Å². The standard InChI is InChI=1S/C15H17N3O3/c19-14-11-5-2-6-16-13(11)12(17-18-14)8-9-3-1-4-10(7-9)15(20)21/h3,7,16H,1-2,4-6,8H2,(H,18,19)(H,20,21). The van der Waals surface area contributed by atoms with Gasteiger partial charge in [0.15, 0.2) is 0 Å². The number of H-pyrrole nitrogens is 1. The van der Waals surface area contributed by atoms with Crippen LogP contribution in [0.2, 0.25) is 0 Å². The van der Waals surface area contributed by atoms with Crippen molar-refractivity contribution in [3.63, 3.8) is 0 Å². The highest BCUT2D eigenvalue weighted by Crippen LogP contribution is 2.26. The van der Waals surface area contributed by atoms with E-state index in [1.54, 1.807) is 6.08 Å². The van der Waals surface area contributed by atoms with Crippen molar-refractivity contribution < 1.29 is 9.90 Å². The van der Waals surface area contributed by atoms with E-state index < -0.39 is 5.97 Å². The van der Waals surface area contributed by atoms with E-state index in [1.807, 2.05) is 6.08 Å². The monoisotopic (exact) mass is 287 g/mol. The number of carboxylic acid groups (broad SMARTS) is 1. The van der Waals surface area contributed by atoms with Crippen LogP contribution < -0.4 is 10.9 Å². The lowest BCUT2D eigenvalue weighted by atomic mass is 9.95. The van der Waals surface area contributed by atoms with E-state index in [9.17, 15) is 9.59 Å². The van der Waals surface area contributed by atoms with Crippen LogP contribution in [0.3, 0.4) is 0 Å². The maximum atomic E-state index is 11.8. The molecule has 0 saturated heterocycles. The van der Waals surface area contributed by atoms with Crippen LogP contribution in [0.25, 0.3) is 0 Å². The second kappa shape index (κ2) is 5.55. The third-order valence-corrected chi connectivity index (χ3v) is 3.89. The number of aromatic amines is 1. The van der Waals surface area contributed by atoms with Crippen LogP contribution in [0.4, 0.5) is 5.69 Å². The molecule has 0 amide bonds. The third-order valence-electron chi connectivity index (χ3n) is 3.89. The van der Waals surface area contributed by atoms with Crippen molar-refractivity contribution in [3.8, 4) is 0 Å². The summed E-state index contributed by atoms with van der Waals surface area (Å²) in [6.07, 6.45) is 7.26. The quantitative estimate of drug-likeness (QED) is 0.781. The number of carbonyl (C=O) groups is 1. The fourth-order valence-electron chi connectivity index (χ4n) is 2.84. The topological polar surface area (TPSA) is 95.1 Å². The van der Waals surface area contributed by atoms with Gasteiger partial charge in [0.1, 0.15) is 0 Å². The molecule has 3 rings (SSSR count). The second-order valence-electron chi connectivity index (χ2n) is 5.35. The number of hydrogen-bond donors (Lipinski definition) is 3. The smallest absolute Gasteiger partial charge is 0.331 e. The van der Waals surface area contributed by atoms with Crippen molar-refractivity contribution >= 4 is 11.7 Å². The van der Waals surface area contributed by atoms with Gasteiger partial charge >= 0.3 is 5.97 Å². The Labute approximate surface area is 121 Å². The van der Waals surface area contributed by atoms with E-state index >= 15 is 0 Å². The Kier molecular flexibility index (Phi) is 3.60. The molecule has 0 fully saturated rings. The van der Waals surface area contributed by atoms with Crippen molar-refractivity contribution in [2.45, 2.75) is 32.1 Å². The van der Waals surface area contributed by atoms with Crippen molar-refractivity contribution in [2.24, 2.45) is 0 Å². The number of rotatable bonds is 3. The molecule has 1 aromatic heterocycles. The van der Waals surface area contributed by atoms with Gasteiger partial charge in [-0.05, 0) is 37.3 Å². The van der Waals surface area contributed by atoms with Crippen molar-refractivity contribution in [2.75, 3.05) is 11.9 Å². The van der Waals surface area contributed by atoms with E-state index in [-0.39, 0.29) is 5.56 Å². The average Bonchev–Trinajstić information content (AvgIpc) is 2.51. The summed E-state index contributed by atoms with van der Waals surface area (Å²) in [5, 5.41) is 19.0. The van der Waals surface area contributed by atoms with Gasteiger partial charge in [0.25, 0.3) is 5.56 Å². The van der Waals surface area contributed by atoms with Crippen LogP contribution >= 0.6 is 0 Å². The van der Waals surface area contributed by atoms with Gasteiger partial charge in [-0.3, -0.25) is 4.79 Å². The molecule has 2 aliphatic rings. The van der Waals surface area contributed by atoms with Crippen LogP contribution in [0, 0.1) is 0 Å². The molecule has 0 unspecified atom stereocenters. The fraction of sp³-hybridized carbons (Fsp3) is 0.400. The predicted octanol–water partition coefficient (Wildman–Crippen LogP) is 1.40. The molecule has 0 bridgehead atoms. The molecular weight excluding hydrogens is 270 g/mol. The molecule has 110 valence electrons. The number of allylic oxidation sites excluding steroid dienone is 3. The maximum Gasteiger partial charge on any atom is 0.331 e. The summed E-state index contributed by atoms with van der Waals surface area (Å²) < 4.78 is 0. The molecule has 0 saturated carbocycles. The molecule has 1 aliphatic carbocycles. The van der Waals surface area contributed by atoms with Gasteiger partial charge in [-0.15, -0.1) is 0 Å². The molecule has 0 spiro atoms. The van der Waals surface area contributed by atoms with Gasteiger partial charge in [-0.2, -0.15) is 5.10 Å². The Morgan fingerprint density at radius 2 is 2.24 bits per heavy atom. The predicted molar refractivity (Wildman–Crippen MR) is 78.4 cm³/mol. The van der Waals surface area contributed by atoms with E-state index in [4.69, 9.17) is 5.11 Å². The van der Waals surface area contributed by atoms with Gasteiger partial charge in [0, 0.05) is 24.1 Å². The zero-order valence-corrected chi connectivity index (χ0v) is 11.6. The minimum atomic E-state index is -0.866. The Balaban J connectivity index is 1.91. The molecule has 3 N–H and O–H groups in total. The fourth-order valence-corrected chi connectivity index (χ4v) is 2.84. The number of aromatic nitrogens is 2. The zero-order chi connectivity index (χ0) is 14.8. The minimum Gasteiger partial charge on any atom is -0.478 e. The molecule has 21 heavy (non-hydrogen) atoms. The van der Waals surface area contributed by atoms with Crippen LogP contribution in [0.5, 0.6) is 0 Å². The molecule has 1 aromatic rings. The Bertz CT molecular complexity index is 701. The van der Waals surface area contributed by atoms with Crippen molar-refractivity contribution in [1.29, 1.82) is 0 Å². The van der Waals surface area contributed by atoms with Gasteiger partial charge in [0.05, 0.1) is 11.4 Å². The summed E-state index contributed by atoms with van der Waals surface area (Å²) in [7, 11) is 0. The Morgan fingerprint density at radius 1 is 1.38 bits per heavy atom. The molecule has 0 atom stereocenters. The Morgan fingerprint density at radius 3 is 3.05 bits per heavy atom. The molecule has 2 heterocycles. The molecular formula is C15H17N3O3. The maximum absolute atomic E-state index is 11.8. The Hall–Kier alpha value is -2.37. The number of carboxylic acids is 1. The number of anilines is 1. The third kappa shape index (κ3) is 2.74. The lowest BCUT2D eigenvalue weighted by Crippen LogP contribution is -2.25. The van der Waals surface area contributed by atoms with Gasteiger partial charge in [-0.1, -0.05) is 6.08 Å². The molecule has 0 aromatic carbocycles. The normalized spacial score (nSPS) is 17.3. The van der Waals surface area contributed by atoms with Crippen LogP contribution in [0.15, 0.2) is 28.1 Å². The summed E-state index contributed by atoms with van der Waals surface area (Å²) in [5.41, 5.74) is 3.58. The first-order valence-corrected chi connectivity index (χ1v) is 7.12. The summed E-state index contributed by atoms with van der Waals surface area (Å²) in [5.74, 6) is -0.866. The van der Waals surface area contributed by atoms with Crippen molar-refractivity contribution in [1.82, 2.24) is 10.2 Å². The summed E-state index contributed by atoms with van der Waals surface area (Å²) >= 11 is 0. The summed E-state index contributed by atoms with van der Waals surface area (Å²) in [4.78, 5) is 22.8. The first-order chi connectivity index (χ1) is 10.1. The molecule has 6 heteroatoms. The number of fused-ring (bicyclic) bond motifs is 1. The SMILES string of the molecule is O=C(O)C1=CC(Cc2n[nH]c(=O)c3c2NCCC3)=CCC1. The number of nitrogens with zero attached hydrogens (tertiary/aromatic N) is 1. The largest absolute Gasteiger partial charge is 0.478 e. The molecule has 1 aliphatic heterocycles. The van der Waals surface area contributed by atoms with Crippen LogP contribution in [-0.2, 0) is 17.6 Å². The first kappa shape index (κ1) is 13.6. The first-order valence-electron chi connectivity index (χ1n) is 7.12. The average molecular weight is 287 g/mol. The van der Waals surface area contributed by atoms with Gasteiger partial charge < -0.3 is 10.4 Å². The van der Waals surface area contributed by atoms with Gasteiger partial charge in [-0.25, -0.2) is 9.89 Å². The van der Waals surface area contributed by atoms with Crippen LogP contribution in [0.1, 0.15) is 30.5 Å². The summed E-state index contributed by atoms with van der Waals surface area (Å²) in [6, 6.07) is 0. The lowest BCUT2D eigenvalue weighted by Gasteiger charge is -2.20. The zero-order valence-electron chi connectivity index (χ0n) is 11.6. The minimum absolute atomic E-state index is 0.139. The van der Waals surface area contributed by atoms with Crippen molar-refractivity contribution in [3.05, 3.63) is 44.9 Å². The molecule has 0 radical (unpaired) electrons. The van der Waals surface area contributed by atoms with E-state index in [0.717, 1.165) is 48.3 Å². The second-order valence-corrected chi connectivity index (χ2v) is 5.35. The summed E-state index contributed by atoms with van der Waals surface area (Å²) in [6.45, 7) is 0.834. The van der Waals surface area contributed by atoms with E-state index in [0.29, 0.717) is 18.4 Å². The van der Waals surface area contributed by atoms with E-state index in [2.05, 4.69) is 15.5 Å². The number of aliphatic carboxylic acids is 1. The number of hydrogen-bond acceptors (Lipinski definition) is 4. The highest BCUT2D eigenvalue weighted by atomic mass is 16.4. The van der Waals surface area contributed by atoms with Crippen LogP contribution in [-0.4, -0.2) is 27.8 Å². The highest BCUT2D eigenvalue weighted by molar-refractivity contribution is 5.87. The highest BCUT2D eigenvalue weighted by Gasteiger charge is 2.19. The molecule has 6 nitrogen and oxygen atoms in total. The van der Waals surface area contributed by atoms with Gasteiger partial charge in [0.2, 0.25) is 0 Å².